The number of aromatic nitrogens is 1. The quantitative estimate of drug-likeness (QED) is 0.877. The van der Waals surface area contributed by atoms with Gasteiger partial charge in [0.2, 0.25) is 0 Å². The van der Waals surface area contributed by atoms with Crippen molar-refractivity contribution in [3.63, 3.8) is 0 Å². The summed E-state index contributed by atoms with van der Waals surface area (Å²) in [4.78, 5) is 27.4. The molecule has 0 aliphatic heterocycles. The number of aliphatic carboxylic acids is 1. The highest BCUT2D eigenvalue weighted by atomic mass is 16.4. The van der Waals surface area contributed by atoms with Crippen molar-refractivity contribution in [1.82, 2.24) is 10.3 Å². The number of amides is 1. The molecule has 21 heavy (non-hydrogen) atoms. The molecule has 0 saturated heterocycles. The Morgan fingerprint density at radius 3 is 2.57 bits per heavy atom. The van der Waals surface area contributed by atoms with Gasteiger partial charge in [-0.2, -0.15) is 0 Å². The number of aryl methyl sites for hydroxylation is 1. The summed E-state index contributed by atoms with van der Waals surface area (Å²) >= 11 is 0. The van der Waals surface area contributed by atoms with Crippen LogP contribution in [0.3, 0.4) is 0 Å². The van der Waals surface area contributed by atoms with Crippen molar-refractivity contribution in [3.05, 3.63) is 65.5 Å². The number of carbonyl (C=O) groups excluding carboxylic acids is 1. The summed E-state index contributed by atoms with van der Waals surface area (Å²) in [5.74, 6) is -1.47. The normalized spacial score (nSPS) is 11.7. The number of carboxylic acid groups (broad SMARTS) is 1. The molecule has 1 amide bonds. The summed E-state index contributed by atoms with van der Waals surface area (Å²) in [6.45, 7) is 1.77. The van der Waals surface area contributed by atoms with E-state index in [9.17, 15) is 14.7 Å². The Bertz CT molecular complexity index is 641. The van der Waals surface area contributed by atoms with Crippen molar-refractivity contribution in [2.75, 3.05) is 0 Å². The minimum absolute atomic E-state index is 0.242. The van der Waals surface area contributed by atoms with E-state index in [4.69, 9.17) is 0 Å². The lowest BCUT2D eigenvalue weighted by Gasteiger charge is -2.14. The molecular weight excluding hydrogens is 268 g/mol. The first-order valence-corrected chi connectivity index (χ1v) is 6.56. The molecule has 108 valence electrons. The van der Waals surface area contributed by atoms with Crippen molar-refractivity contribution < 1.29 is 14.7 Å². The molecule has 1 aromatic carbocycles. The van der Waals surface area contributed by atoms with Gasteiger partial charge in [-0.25, -0.2) is 4.79 Å². The monoisotopic (exact) mass is 284 g/mol. The van der Waals surface area contributed by atoms with Crippen molar-refractivity contribution >= 4 is 11.9 Å². The van der Waals surface area contributed by atoms with Crippen LogP contribution in [0.5, 0.6) is 0 Å². The zero-order valence-corrected chi connectivity index (χ0v) is 11.6. The number of rotatable bonds is 5. The van der Waals surface area contributed by atoms with Crippen LogP contribution in [0.4, 0.5) is 0 Å². The van der Waals surface area contributed by atoms with E-state index in [1.54, 1.807) is 19.1 Å². The smallest absolute Gasteiger partial charge is 0.326 e. The van der Waals surface area contributed by atoms with Gasteiger partial charge < -0.3 is 10.4 Å². The number of nitrogens with zero attached hydrogens (tertiary/aromatic N) is 1. The van der Waals surface area contributed by atoms with Crippen LogP contribution in [-0.4, -0.2) is 28.0 Å². The summed E-state index contributed by atoms with van der Waals surface area (Å²) < 4.78 is 0. The van der Waals surface area contributed by atoms with Crippen LogP contribution < -0.4 is 5.32 Å². The number of nitrogens with one attached hydrogen (secondary N) is 1. The Hall–Kier alpha value is -2.69. The van der Waals surface area contributed by atoms with Crippen molar-refractivity contribution in [1.29, 1.82) is 0 Å². The molecule has 0 aliphatic carbocycles. The third kappa shape index (κ3) is 4.14. The Balaban J connectivity index is 2.10. The van der Waals surface area contributed by atoms with E-state index >= 15 is 0 Å². The molecule has 0 saturated carbocycles. The number of pyridine rings is 1. The lowest BCUT2D eigenvalue weighted by molar-refractivity contribution is -0.139. The third-order valence-electron chi connectivity index (χ3n) is 3.04. The molecule has 5 heteroatoms. The van der Waals surface area contributed by atoms with Crippen LogP contribution >= 0.6 is 0 Å². The molecule has 1 aromatic heterocycles. The second kappa shape index (κ2) is 6.65. The maximum absolute atomic E-state index is 12.1. The lowest BCUT2D eigenvalue weighted by Crippen LogP contribution is -2.42. The maximum atomic E-state index is 12.1. The zero-order chi connectivity index (χ0) is 15.2. The molecule has 0 unspecified atom stereocenters. The zero-order valence-electron chi connectivity index (χ0n) is 11.6. The Morgan fingerprint density at radius 2 is 1.95 bits per heavy atom. The van der Waals surface area contributed by atoms with E-state index in [0.29, 0.717) is 11.3 Å². The van der Waals surface area contributed by atoms with Crippen LogP contribution in [0.15, 0.2) is 48.7 Å². The maximum Gasteiger partial charge on any atom is 0.326 e. The van der Waals surface area contributed by atoms with Crippen LogP contribution in [0.1, 0.15) is 21.6 Å². The van der Waals surface area contributed by atoms with E-state index in [1.165, 1.54) is 6.20 Å². The number of carboxylic acids is 1. The molecule has 0 radical (unpaired) electrons. The Labute approximate surface area is 122 Å². The Morgan fingerprint density at radius 1 is 1.24 bits per heavy atom. The second-order valence-corrected chi connectivity index (χ2v) is 4.74. The van der Waals surface area contributed by atoms with Gasteiger partial charge in [0.25, 0.3) is 5.91 Å². The summed E-state index contributed by atoms with van der Waals surface area (Å²) in [7, 11) is 0. The summed E-state index contributed by atoms with van der Waals surface area (Å²) in [5, 5.41) is 11.8. The van der Waals surface area contributed by atoms with E-state index in [2.05, 4.69) is 10.3 Å². The van der Waals surface area contributed by atoms with Crippen molar-refractivity contribution in [2.24, 2.45) is 0 Å². The first-order chi connectivity index (χ1) is 10.1. The number of hydrogen-bond donors (Lipinski definition) is 2. The highest BCUT2D eigenvalue weighted by Gasteiger charge is 2.21. The number of carbonyl (C=O) groups is 2. The van der Waals surface area contributed by atoms with Gasteiger partial charge in [0.1, 0.15) is 6.04 Å². The van der Waals surface area contributed by atoms with Gasteiger partial charge in [-0.05, 0) is 24.6 Å². The predicted molar refractivity (Wildman–Crippen MR) is 78.0 cm³/mol. The number of benzene rings is 1. The molecular formula is C16H16N2O3. The van der Waals surface area contributed by atoms with Gasteiger partial charge >= 0.3 is 5.97 Å². The molecule has 0 fully saturated rings. The molecule has 2 N–H and O–H groups in total. The van der Waals surface area contributed by atoms with Crippen molar-refractivity contribution in [2.45, 2.75) is 19.4 Å². The fourth-order valence-corrected chi connectivity index (χ4v) is 1.98. The van der Waals surface area contributed by atoms with Crippen LogP contribution in [-0.2, 0) is 11.2 Å². The van der Waals surface area contributed by atoms with Gasteiger partial charge in [-0.1, -0.05) is 30.3 Å². The van der Waals surface area contributed by atoms with E-state index < -0.39 is 17.9 Å². The topological polar surface area (TPSA) is 79.3 Å². The molecule has 2 aromatic rings. The van der Waals surface area contributed by atoms with Crippen LogP contribution in [0.25, 0.3) is 0 Å². The minimum atomic E-state index is -1.06. The summed E-state index contributed by atoms with van der Waals surface area (Å²) in [6.07, 6.45) is 1.77. The molecule has 0 aliphatic rings. The van der Waals surface area contributed by atoms with Gasteiger partial charge in [-0.3, -0.25) is 9.78 Å². The minimum Gasteiger partial charge on any atom is -0.480 e. The molecule has 1 heterocycles. The number of hydrogen-bond acceptors (Lipinski definition) is 3. The van der Waals surface area contributed by atoms with Gasteiger partial charge in [0.15, 0.2) is 0 Å². The summed E-state index contributed by atoms with van der Waals surface area (Å²) in [5.41, 5.74) is 1.97. The Kier molecular flexibility index (Phi) is 4.66. The highest BCUT2D eigenvalue weighted by molar-refractivity contribution is 5.96. The van der Waals surface area contributed by atoms with E-state index in [-0.39, 0.29) is 6.42 Å². The van der Waals surface area contributed by atoms with Crippen molar-refractivity contribution in [3.8, 4) is 0 Å². The third-order valence-corrected chi connectivity index (χ3v) is 3.04. The molecule has 0 bridgehead atoms. The molecule has 5 nitrogen and oxygen atoms in total. The first kappa shape index (κ1) is 14.7. The summed E-state index contributed by atoms with van der Waals surface area (Å²) in [6, 6.07) is 11.4. The largest absolute Gasteiger partial charge is 0.480 e. The average molecular weight is 284 g/mol. The standard InChI is InChI=1S/C16H16N2O3/c1-11-9-13(7-8-17-11)15(19)18-14(16(20)21)10-12-5-3-2-4-6-12/h2-9,14H,10H2,1H3,(H,18,19)(H,20,21)/t14-/m1/s1. The van der Waals surface area contributed by atoms with Crippen LogP contribution in [0, 0.1) is 6.92 Å². The van der Waals surface area contributed by atoms with E-state index in [1.807, 2.05) is 30.3 Å². The predicted octanol–water partition coefficient (Wildman–Crippen LogP) is 1.82. The van der Waals surface area contributed by atoms with E-state index in [0.717, 1.165) is 5.56 Å². The fraction of sp³-hybridized carbons (Fsp3) is 0.188. The molecule has 1 atom stereocenters. The van der Waals surface area contributed by atoms with Crippen LogP contribution in [0.2, 0.25) is 0 Å². The highest BCUT2D eigenvalue weighted by Crippen LogP contribution is 2.06. The van der Waals surface area contributed by atoms with Gasteiger partial charge in [-0.15, -0.1) is 0 Å². The molecule has 0 spiro atoms. The lowest BCUT2D eigenvalue weighted by atomic mass is 10.1. The average Bonchev–Trinajstić information content (AvgIpc) is 2.47. The SMILES string of the molecule is Cc1cc(C(=O)N[C@H](Cc2ccccc2)C(=O)O)ccn1. The van der Waals surface area contributed by atoms with Gasteiger partial charge in [0.05, 0.1) is 0 Å². The molecule has 2 rings (SSSR count). The van der Waals surface area contributed by atoms with Gasteiger partial charge in [0, 0.05) is 23.9 Å². The fourth-order valence-electron chi connectivity index (χ4n) is 1.98. The first-order valence-electron chi connectivity index (χ1n) is 6.56. The second-order valence-electron chi connectivity index (χ2n) is 4.74.